The topological polar surface area (TPSA) is 58.6 Å². The van der Waals surface area contributed by atoms with Gasteiger partial charge in [0.15, 0.2) is 11.6 Å². The van der Waals surface area contributed by atoms with Crippen LogP contribution in [0.4, 0.5) is 20.4 Å². The van der Waals surface area contributed by atoms with Gasteiger partial charge in [0.2, 0.25) is 0 Å². The van der Waals surface area contributed by atoms with E-state index in [1.54, 1.807) is 4.90 Å². The number of anilines is 2. The van der Waals surface area contributed by atoms with Crippen molar-refractivity contribution in [3.05, 3.63) is 54.1 Å². The maximum absolute atomic E-state index is 13.0. The lowest BCUT2D eigenvalue weighted by molar-refractivity contribution is -0.0498. The quantitative estimate of drug-likeness (QED) is 0.708. The van der Waals surface area contributed by atoms with Crippen molar-refractivity contribution in [1.29, 1.82) is 0 Å². The van der Waals surface area contributed by atoms with Crippen molar-refractivity contribution in [1.82, 2.24) is 9.97 Å². The van der Waals surface area contributed by atoms with Gasteiger partial charge in [-0.3, -0.25) is 9.69 Å². The van der Waals surface area contributed by atoms with Gasteiger partial charge in [-0.15, -0.1) is 0 Å². The molecule has 0 saturated heterocycles. The molecular formula is C19H16F2N4O2. The average molecular weight is 370 g/mol. The van der Waals surface area contributed by atoms with Crippen LogP contribution >= 0.6 is 0 Å². The molecule has 6 nitrogen and oxygen atoms in total. The van der Waals surface area contributed by atoms with E-state index >= 15 is 0 Å². The molecule has 2 heterocycles. The summed E-state index contributed by atoms with van der Waals surface area (Å²) in [7, 11) is 1.90. The number of ether oxygens (including phenoxy) is 1. The van der Waals surface area contributed by atoms with E-state index in [-0.39, 0.29) is 11.7 Å². The lowest BCUT2D eigenvalue weighted by Gasteiger charge is -2.33. The van der Waals surface area contributed by atoms with Crippen molar-refractivity contribution in [2.75, 3.05) is 29.9 Å². The van der Waals surface area contributed by atoms with E-state index in [0.29, 0.717) is 35.8 Å². The number of nitrogens with zero attached hydrogens (tertiary/aromatic N) is 4. The fourth-order valence-corrected chi connectivity index (χ4v) is 3.01. The molecule has 3 aromatic rings. The smallest absolute Gasteiger partial charge is 0.387 e. The van der Waals surface area contributed by atoms with Crippen LogP contribution in [0.1, 0.15) is 10.4 Å². The van der Waals surface area contributed by atoms with Crippen LogP contribution in [0.25, 0.3) is 11.0 Å². The summed E-state index contributed by atoms with van der Waals surface area (Å²) in [6.45, 7) is -1.84. The number of hydrogen-bond donors (Lipinski definition) is 0. The number of carbonyl (C=O) groups is 1. The van der Waals surface area contributed by atoms with E-state index in [1.807, 2.05) is 36.2 Å². The number of aromatic nitrogens is 2. The molecule has 4 rings (SSSR count). The van der Waals surface area contributed by atoms with Crippen LogP contribution in [0.5, 0.6) is 5.75 Å². The van der Waals surface area contributed by atoms with Crippen molar-refractivity contribution in [3.63, 3.8) is 0 Å². The Morgan fingerprint density at radius 2 is 1.63 bits per heavy atom. The Bertz CT molecular complexity index is 995. The molecule has 0 bridgehead atoms. The summed E-state index contributed by atoms with van der Waals surface area (Å²) in [5, 5.41) is 0. The molecule has 1 aromatic heterocycles. The van der Waals surface area contributed by atoms with E-state index in [1.165, 1.54) is 24.3 Å². The van der Waals surface area contributed by atoms with E-state index in [0.717, 1.165) is 5.52 Å². The fraction of sp³-hybridized carbons (Fsp3) is 0.211. The molecule has 0 atom stereocenters. The van der Waals surface area contributed by atoms with Crippen molar-refractivity contribution >= 4 is 28.6 Å². The van der Waals surface area contributed by atoms with E-state index in [9.17, 15) is 13.6 Å². The standard InChI is InChI=1S/C19H16F2N4O2/c1-24-10-11-25(17-16(24)22-14-4-2-3-5-15(14)23-17)18(26)12-6-8-13(9-7-12)27-19(20)21/h2-9,19H,10-11H2,1H3. The Kier molecular flexibility index (Phi) is 4.31. The number of rotatable bonds is 3. The lowest BCUT2D eigenvalue weighted by atomic mass is 10.1. The molecule has 1 aliphatic rings. The molecule has 2 aromatic carbocycles. The summed E-state index contributed by atoms with van der Waals surface area (Å²) in [5.41, 5.74) is 1.82. The van der Waals surface area contributed by atoms with Gasteiger partial charge >= 0.3 is 6.61 Å². The fourth-order valence-electron chi connectivity index (χ4n) is 3.01. The van der Waals surface area contributed by atoms with Crippen LogP contribution in [-0.4, -0.2) is 42.6 Å². The number of halogens is 2. The molecule has 0 saturated carbocycles. The van der Waals surface area contributed by atoms with Crippen LogP contribution in [0.15, 0.2) is 48.5 Å². The molecule has 8 heteroatoms. The maximum atomic E-state index is 13.0. The van der Waals surface area contributed by atoms with Gasteiger partial charge < -0.3 is 9.64 Å². The minimum atomic E-state index is -2.90. The van der Waals surface area contributed by atoms with Gasteiger partial charge in [0.05, 0.1) is 11.0 Å². The predicted molar refractivity (Wildman–Crippen MR) is 97.6 cm³/mol. The van der Waals surface area contributed by atoms with Crippen LogP contribution in [-0.2, 0) is 0 Å². The van der Waals surface area contributed by atoms with E-state index in [4.69, 9.17) is 0 Å². The number of amides is 1. The van der Waals surface area contributed by atoms with Gasteiger partial charge in [0, 0.05) is 25.7 Å². The summed E-state index contributed by atoms with van der Waals surface area (Å²) < 4.78 is 28.9. The summed E-state index contributed by atoms with van der Waals surface area (Å²) in [6, 6.07) is 13.1. The number of benzene rings is 2. The number of para-hydroxylation sites is 2. The van der Waals surface area contributed by atoms with Gasteiger partial charge in [-0.25, -0.2) is 9.97 Å². The maximum Gasteiger partial charge on any atom is 0.387 e. The molecule has 1 aliphatic heterocycles. The third-order valence-corrected chi connectivity index (χ3v) is 4.38. The first-order valence-corrected chi connectivity index (χ1v) is 8.37. The molecule has 0 N–H and O–H groups in total. The second-order valence-corrected chi connectivity index (χ2v) is 6.14. The Morgan fingerprint density at radius 1 is 1.00 bits per heavy atom. The van der Waals surface area contributed by atoms with Gasteiger partial charge in [-0.1, -0.05) is 12.1 Å². The third kappa shape index (κ3) is 3.25. The Morgan fingerprint density at radius 3 is 2.26 bits per heavy atom. The first-order chi connectivity index (χ1) is 13.0. The number of carbonyl (C=O) groups excluding carboxylic acids is 1. The first-order valence-electron chi connectivity index (χ1n) is 8.37. The Labute approximate surface area is 154 Å². The third-order valence-electron chi connectivity index (χ3n) is 4.38. The zero-order valence-corrected chi connectivity index (χ0v) is 14.5. The summed E-state index contributed by atoms with van der Waals surface area (Å²) in [6.07, 6.45) is 0. The number of alkyl halides is 2. The summed E-state index contributed by atoms with van der Waals surface area (Å²) in [5.74, 6) is 0.856. The highest BCUT2D eigenvalue weighted by Crippen LogP contribution is 2.31. The highest BCUT2D eigenvalue weighted by Gasteiger charge is 2.29. The largest absolute Gasteiger partial charge is 0.435 e. The molecule has 1 amide bonds. The van der Waals surface area contributed by atoms with Crippen LogP contribution in [0, 0.1) is 0 Å². The van der Waals surface area contributed by atoms with E-state index < -0.39 is 6.61 Å². The molecule has 0 radical (unpaired) electrons. The van der Waals surface area contributed by atoms with Gasteiger partial charge in [-0.2, -0.15) is 8.78 Å². The molecular weight excluding hydrogens is 354 g/mol. The molecule has 27 heavy (non-hydrogen) atoms. The van der Waals surface area contributed by atoms with Crippen LogP contribution in [0.3, 0.4) is 0 Å². The second kappa shape index (κ2) is 6.79. The van der Waals surface area contributed by atoms with Gasteiger partial charge in [0.1, 0.15) is 5.75 Å². The minimum Gasteiger partial charge on any atom is -0.435 e. The number of fused-ring (bicyclic) bond motifs is 2. The normalized spacial score (nSPS) is 13.8. The van der Waals surface area contributed by atoms with Crippen LogP contribution in [0.2, 0.25) is 0 Å². The predicted octanol–water partition coefficient (Wildman–Crippen LogP) is 3.33. The van der Waals surface area contributed by atoms with Crippen molar-refractivity contribution in [2.24, 2.45) is 0 Å². The van der Waals surface area contributed by atoms with E-state index in [2.05, 4.69) is 14.7 Å². The minimum absolute atomic E-state index is 0.00566. The Balaban J connectivity index is 1.69. The molecule has 0 spiro atoms. The highest BCUT2D eigenvalue weighted by molar-refractivity contribution is 6.08. The molecule has 0 unspecified atom stereocenters. The molecule has 0 fully saturated rings. The SMILES string of the molecule is CN1CCN(C(=O)c2ccc(OC(F)F)cc2)c2nc3ccccc3nc21. The molecule has 0 aliphatic carbocycles. The van der Waals surface area contributed by atoms with Gasteiger partial charge in [-0.05, 0) is 36.4 Å². The van der Waals surface area contributed by atoms with Crippen molar-refractivity contribution in [3.8, 4) is 5.75 Å². The second-order valence-electron chi connectivity index (χ2n) is 6.14. The monoisotopic (exact) mass is 370 g/mol. The zero-order chi connectivity index (χ0) is 19.0. The summed E-state index contributed by atoms with van der Waals surface area (Å²) >= 11 is 0. The zero-order valence-electron chi connectivity index (χ0n) is 14.5. The highest BCUT2D eigenvalue weighted by atomic mass is 19.3. The van der Waals surface area contributed by atoms with Crippen molar-refractivity contribution < 1.29 is 18.3 Å². The first kappa shape index (κ1) is 17.1. The summed E-state index contributed by atoms with van der Waals surface area (Å²) in [4.78, 5) is 25.8. The number of likely N-dealkylation sites (N-methyl/N-ethyl adjacent to an activating group) is 1. The molecule has 138 valence electrons. The Hall–Kier alpha value is -3.29. The average Bonchev–Trinajstić information content (AvgIpc) is 2.67. The number of hydrogen-bond acceptors (Lipinski definition) is 5. The van der Waals surface area contributed by atoms with Crippen molar-refractivity contribution in [2.45, 2.75) is 6.61 Å². The van der Waals surface area contributed by atoms with Crippen LogP contribution < -0.4 is 14.5 Å². The van der Waals surface area contributed by atoms with Gasteiger partial charge in [0.25, 0.3) is 5.91 Å². The lowest BCUT2D eigenvalue weighted by Crippen LogP contribution is -2.43.